The molecular weight excluding hydrogens is 409 g/mol. The van der Waals surface area contributed by atoms with Crippen molar-refractivity contribution in [3.05, 3.63) is 41.7 Å². The first-order chi connectivity index (χ1) is 13.6. The molecule has 0 atom stereocenters. The number of alkyl halides is 3. The lowest BCUT2D eigenvalue weighted by atomic mass is 10.2. The average molecular weight is 430 g/mol. The van der Waals surface area contributed by atoms with Crippen LogP contribution in [-0.4, -0.2) is 41.5 Å². The van der Waals surface area contributed by atoms with Gasteiger partial charge in [0.25, 0.3) is 5.91 Å². The Morgan fingerprint density at radius 2 is 1.79 bits per heavy atom. The summed E-state index contributed by atoms with van der Waals surface area (Å²) >= 11 is 0. The molecule has 1 N–H and O–H groups in total. The van der Waals surface area contributed by atoms with E-state index < -0.39 is 33.4 Å². The van der Waals surface area contributed by atoms with Crippen molar-refractivity contribution in [2.45, 2.75) is 36.8 Å². The predicted molar refractivity (Wildman–Crippen MR) is 99.8 cm³/mol. The first-order valence-electron chi connectivity index (χ1n) is 9.11. The molecule has 1 aliphatic rings. The van der Waals surface area contributed by atoms with E-state index >= 15 is 0 Å². The van der Waals surface area contributed by atoms with Gasteiger partial charge < -0.3 is 5.32 Å². The Balaban J connectivity index is 1.84. The fraction of sp³-hybridized carbons (Fsp3) is 0.444. The lowest BCUT2D eigenvalue weighted by Crippen LogP contribution is -2.32. The Kier molecular flexibility index (Phi) is 5.99. The van der Waals surface area contributed by atoms with Crippen LogP contribution >= 0.6 is 0 Å². The largest absolute Gasteiger partial charge is 0.435 e. The highest BCUT2D eigenvalue weighted by atomic mass is 32.2. The second-order valence-corrected chi connectivity index (χ2v) is 8.80. The Morgan fingerprint density at radius 3 is 2.41 bits per heavy atom. The Labute approximate surface area is 166 Å². The number of aromatic nitrogens is 2. The zero-order valence-electron chi connectivity index (χ0n) is 15.7. The molecule has 0 saturated carbocycles. The normalized spacial score (nSPS) is 16.4. The van der Waals surface area contributed by atoms with Crippen LogP contribution in [0, 0.1) is 0 Å². The molecule has 11 heteroatoms. The third-order valence-corrected chi connectivity index (χ3v) is 6.53. The van der Waals surface area contributed by atoms with Gasteiger partial charge in [0, 0.05) is 32.0 Å². The van der Waals surface area contributed by atoms with E-state index in [1.165, 1.54) is 35.6 Å². The molecule has 0 radical (unpaired) electrons. The number of benzene rings is 1. The SMILES string of the molecule is Cn1cc(C(=O)Nc2cccc(S(=O)(=O)N3CCCCCC3)c2)c(C(F)(F)F)n1. The summed E-state index contributed by atoms with van der Waals surface area (Å²) in [5.74, 6) is -1.02. The number of aryl methyl sites for hydroxylation is 1. The molecule has 0 bridgehead atoms. The smallest absolute Gasteiger partial charge is 0.322 e. The van der Waals surface area contributed by atoms with Crippen molar-refractivity contribution in [2.75, 3.05) is 18.4 Å². The van der Waals surface area contributed by atoms with Gasteiger partial charge in [0.15, 0.2) is 5.69 Å². The van der Waals surface area contributed by atoms with Gasteiger partial charge in [0.1, 0.15) is 0 Å². The second-order valence-electron chi connectivity index (χ2n) is 6.86. The Morgan fingerprint density at radius 1 is 1.14 bits per heavy atom. The number of hydrogen-bond acceptors (Lipinski definition) is 4. The number of anilines is 1. The maximum Gasteiger partial charge on any atom is 0.435 e. The first kappa shape index (κ1) is 21.3. The number of rotatable bonds is 4. The fourth-order valence-corrected chi connectivity index (χ4v) is 4.79. The number of halogens is 3. The topological polar surface area (TPSA) is 84.3 Å². The standard InChI is InChI=1S/C18H21F3N4O3S/c1-24-12-15(16(23-24)18(19,20)21)17(26)22-13-7-6-8-14(11-13)29(27,28)25-9-4-2-3-5-10-25/h6-8,11-12H,2-5,9-10H2,1H3,(H,22,26). The van der Waals surface area contributed by atoms with E-state index in [0.29, 0.717) is 13.1 Å². The van der Waals surface area contributed by atoms with Crippen molar-refractivity contribution < 1.29 is 26.4 Å². The molecule has 1 fully saturated rings. The lowest BCUT2D eigenvalue weighted by Gasteiger charge is -2.20. The van der Waals surface area contributed by atoms with Crippen molar-refractivity contribution in [1.82, 2.24) is 14.1 Å². The number of amides is 1. The first-order valence-corrected chi connectivity index (χ1v) is 10.6. The highest BCUT2D eigenvalue weighted by Crippen LogP contribution is 2.31. The van der Waals surface area contributed by atoms with Crippen LogP contribution in [0.15, 0.2) is 35.4 Å². The summed E-state index contributed by atoms with van der Waals surface area (Å²) in [6.45, 7) is 0.840. The van der Waals surface area contributed by atoms with Gasteiger partial charge in [-0.15, -0.1) is 0 Å². The molecule has 3 rings (SSSR count). The number of hydrogen-bond donors (Lipinski definition) is 1. The summed E-state index contributed by atoms with van der Waals surface area (Å²) in [7, 11) is -2.47. The second kappa shape index (κ2) is 8.15. The fourth-order valence-electron chi connectivity index (χ4n) is 3.23. The molecule has 1 aromatic heterocycles. The summed E-state index contributed by atoms with van der Waals surface area (Å²) in [5, 5.41) is 5.64. The van der Waals surface area contributed by atoms with Crippen LogP contribution < -0.4 is 5.32 Å². The number of carbonyl (C=O) groups excluding carboxylic acids is 1. The van der Waals surface area contributed by atoms with Gasteiger partial charge in [-0.25, -0.2) is 8.42 Å². The molecule has 1 aromatic carbocycles. The summed E-state index contributed by atoms with van der Waals surface area (Å²) in [6.07, 6.45) is -0.334. The summed E-state index contributed by atoms with van der Waals surface area (Å²) in [6, 6.07) is 5.51. The van der Waals surface area contributed by atoms with Gasteiger partial charge in [-0.1, -0.05) is 18.9 Å². The summed E-state index contributed by atoms with van der Waals surface area (Å²) in [4.78, 5) is 12.4. The number of carbonyl (C=O) groups is 1. The molecule has 0 spiro atoms. The third kappa shape index (κ3) is 4.78. The quantitative estimate of drug-likeness (QED) is 0.807. The Bertz CT molecular complexity index is 994. The molecule has 29 heavy (non-hydrogen) atoms. The van der Waals surface area contributed by atoms with Crippen molar-refractivity contribution in [1.29, 1.82) is 0 Å². The van der Waals surface area contributed by atoms with Gasteiger partial charge >= 0.3 is 6.18 Å². The van der Waals surface area contributed by atoms with Crippen molar-refractivity contribution in [2.24, 2.45) is 7.05 Å². The van der Waals surface area contributed by atoms with Gasteiger partial charge in [-0.3, -0.25) is 9.48 Å². The molecule has 0 unspecified atom stereocenters. The molecule has 1 amide bonds. The molecule has 158 valence electrons. The average Bonchev–Trinajstić information content (AvgIpc) is 2.87. The van der Waals surface area contributed by atoms with Crippen LogP contribution in [0.5, 0.6) is 0 Å². The maximum atomic E-state index is 13.1. The third-order valence-electron chi connectivity index (χ3n) is 4.64. The van der Waals surface area contributed by atoms with E-state index in [-0.39, 0.29) is 10.6 Å². The molecule has 2 aromatic rings. The molecule has 1 saturated heterocycles. The molecule has 2 heterocycles. The van der Waals surface area contributed by atoms with Gasteiger partial charge in [-0.2, -0.15) is 22.6 Å². The maximum absolute atomic E-state index is 13.1. The number of nitrogens with zero attached hydrogens (tertiary/aromatic N) is 3. The minimum atomic E-state index is -4.79. The van der Waals surface area contributed by atoms with Crippen molar-refractivity contribution >= 4 is 21.6 Å². The number of sulfonamides is 1. The van der Waals surface area contributed by atoms with E-state index in [9.17, 15) is 26.4 Å². The van der Waals surface area contributed by atoms with Gasteiger partial charge in [0.2, 0.25) is 10.0 Å². The molecule has 1 aliphatic heterocycles. The minimum Gasteiger partial charge on any atom is -0.322 e. The summed E-state index contributed by atoms with van der Waals surface area (Å²) in [5.41, 5.74) is -1.85. The molecule has 0 aliphatic carbocycles. The highest BCUT2D eigenvalue weighted by Gasteiger charge is 2.39. The monoisotopic (exact) mass is 430 g/mol. The van der Waals surface area contributed by atoms with E-state index in [1.807, 2.05) is 0 Å². The van der Waals surface area contributed by atoms with Crippen molar-refractivity contribution in [3.8, 4) is 0 Å². The Hall–Kier alpha value is -2.40. The summed E-state index contributed by atoms with van der Waals surface area (Å²) < 4.78 is 67.3. The van der Waals surface area contributed by atoms with Crippen molar-refractivity contribution in [3.63, 3.8) is 0 Å². The van der Waals surface area contributed by atoms with E-state index in [2.05, 4.69) is 10.4 Å². The van der Waals surface area contributed by atoms with Crippen LogP contribution in [0.1, 0.15) is 41.7 Å². The van der Waals surface area contributed by atoms with E-state index in [1.54, 1.807) is 0 Å². The van der Waals surface area contributed by atoms with Crippen LogP contribution in [0.2, 0.25) is 0 Å². The zero-order chi connectivity index (χ0) is 21.2. The molecular formula is C18H21F3N4O3S. The lowest BCUT2D eigenvalue weighted by molar-refractivity contribution is -0.141. The predicted octanol–water partition coefficient (Wildman–Crippen LogP) is 3.26. The molecule has 7 nitrogen and oxygen atoms in total. The zero-order valence-corrected chi connectivity index (χ0v) is 16.6. The van der Waals surface area contributed by atoms with Crippen LogP contribution in [0.3, 0.4) is 0 Å². The van der Waals surface area contributed by atoms with Crippen LogP contribution in [-0.2, 0) is 23.2 Å². The van der Waals surface area contributed by atoms with Crippen LogP contribution in [0.4, 0.5) is 18.9 Å². The van der Waals surface area contributed by atoms with E-state index in [0.717, 1.165) is 36.6 Å². The van der Waals surface area contributed by atoms with Gasteiger partial charge in [-0.05, 0) is 31.0 Å². The highest BCUT2D eigenvalue weighted by molar-refractivity contribution is 7.89. The van der Waals surface area contributed by atoms with E-state index in [4.69, 9.17) is 0 Å². The van der Waals surface area contributed by atoms with Crippen LogP contribution in [0.25, 0.3) is 0 Å². The number of nitrogens with one attached hydrogen (secondary N) is 1. The minimum absolute atomic E-state index is 0.0144. The van der Waals surface area contributed by atoms with Gasteiger partial charge in [0.05, 0.1) is 10.5 Å².